The van der Waals surface area contributed by atoms with Crippen molar-refractivity contribution in [2.24, 2.45) is 35.5 Å². The quantitative estimate of drug-likeness (QED) is 0.686. The molecule has 29 heavy (non-hydrogen) atoms. The summed E-state index contributed by atoms with van der Waals surface area (Å²) >= 11 is 0. The summed E-state index contributed by atoms with van der Waals surface area (Å²) < 4.78 is 10.5. The Bertz CT molecular complexity index is 576. The standard InChI is InChI=1S/C23H34N2O4/c26-20(24-22-7-14-1-15(8-22)3-16(2-14)9-22)28-13-29-21(27)25-23-10-17-4-18(11-23)6-19(5-17)12-23/h14-19H,1-13H2,(H,24,26)(H,25,27). The van der Waals surface area contributed by atoms with Gasteiger partial charge in [-0.2, -0.15) is 0 Å². The maximum atomic E-state index is 12.4. The Morgan fingerprint density at radius 2 is 0.862 bits per heavy atom. The van der Waals surface area contributed by atoms with Crippen LogP contribution in [-0.2, 0) is 9.47 Å². The summed E-state index contributed by atoms with van der Waals surface area (Å²) in [5.74, 6) is 4.60. The van der Waals surface area contributed by atoms with Gasteiger partial charge in [0.25, 0.3) is 0 Å². The van der Waals surface area contributed by atoms with Gasteiger partial charge in [0.1, 0.15) is 0 Å². The van der Waals surface area contributed by atoms with E-state index in [2.05, 4.69) is 10.6 Å². The number of rotatable bonds is 4. The lowest BCUT2D eigenvalue weighted by molar-refractivity contribution is -0.0355. The van der Waals surface area contributed by atoms with Crippen molar-refractivity contribution in [3.8, 4) is 0 Å². The van der Waals surface area contributed by atoms with Crippen LogP contribution in [0, 0.1) is 35.5 Å². The van der Waals surface area contributed by atoms with Crippen LogP contribution >= 0.6 is 0 Å². The monoisotopic (exact) mass is 402 g/mol. The number of ether oxygens (including phenoxy) is 2. The van der Waals surface area contributed by atoms with Crippen LogP contribution in [0.2, 0.25) is 0 Å². The molecule has 0 atom stereocenters. The van der Waals surface area contributed by atoms with E-state index in [0.717, 1.165) is 74.0 Å². The zero-order chi connectivity index (χ0) is 19.6. The second-order valence-electron chi connectivity index (χ2n) is 11.6. The molecule has 8 bridgehead atoms. The molecule has 8 aliphatic carbocycles. The fourth-order valence-electron chi connectivity index (χ4n) is 9.17. The number of alkyl carbamates (subject to hydrolysis) is 2. The number of carbonyl (C=O) groups excluding carboxylic acids is 2. The van der Waals surface area contributed by atoms with Crippen molar-refractivity contribution in [2.45, 2.75) is 88.1 Å². The molecule has 6 nitrogen and oxygen atoms in total. The largest absolute Gasteiger partial charge is 0.412 e. The number of amides is 2. The lowest BCUT2D eigenvalue weighted by Gasteiger charge is -2.56. The topological polar surface area (TPSA) is 76.7 Å². The van der Waals surface area contributed by atoms with Gasteiger partial charge in [-0.3, -0.25) is 0 Å². The highest BCUT2D eigenvalue weighted by atomic mass is 16.7. The van der Waals surface area contributed by atoms with Crippen LogP contribution in [0.3, 0.4) is 0 Å². The van der Waals surface area contributed by atoms with E-state index in [0.29, 0.717) is 0 Å². The first-order valence-corrected chi connectivity index (χ1v) is 11.9. The van der Waals surface area contributed by atoms with Gasteiger partial charge in [0.2, 0.25) is 6.79 Å². The molecule has 6 heteroatoms. The third-order valence-electron chi connectivity index (χ3n) is 9.19. The van der Waals surface area contributed by atoms with Crippen LogP contribution in [-0.4, -0.2) is 30.1 Å². The summed E-state index contributed by atoms with van der Waals surface area (Å²) in [6.07, 6.45) is 13.7. The first kappa shape index (κ1) is 18.3. The van der Waals surface area contributed by atoms with Crippen LogP contribution in [0.4, 0.5) is 9.59 Å². The summed E-state index contributed by atoms with van der Waals surface area (Å²) in [7, 11) is 0. The van der Waals surface area contributed by atoms with E-state index in [1.807, 2.05) is 0 Å². The molecule has 2 N–H and O–H groups in total. The molecule has 0 aromatic heterocycles. The van der Waals surface area contributed by atoms with E-state index >= 15 is 0 Å². The Kier molecular flexibility index (Phi) is 4.12. The lowest BCUT2D eigenvalue weighted by atomic mass is 9.53. The molecule has 0 heterocycles. The maximum Gasteiger partial charge on any atom is 0.410 e. The van der Waals surface area contributed by atoms with Crippen molar-refractivity contribution in [3.63, 3.8) is 0 Å². The molecule has 0 aromatic carbocycles. The van der Waals surface area contributed by atoms with E-state index in [4.69, 9.17) is 9.47 Å². The van der Waals surface area contributed by atoms with Crippen molar-refractivity contribution in [1.82, 2.24) is 10.6 Å². The Balaban J connectivity index is 0.975. The summed E-state index contributed by atoms with van der Waals surface area (Å²) in [6.45, 7) is -0.309. The third-order valence-corrected chi connectivity index (χ3v) is 9.19. The minimum absolute atomic E-state index is 0.0761. The summed E-state index contributed by atoms with van der Waals surface area (Å²) in [6, 6.07) is 0. The van der Waals surface area contributed by atoms with Crippen LogP contribution in [0.5, 0.6) is 0 Å². The highest BCUT2D eigenvalue weighted by molar-refractivity contribution is 5.70. The molecule has 8 saturated carbocycles. The smallest absolute Gasteiger partial charge is 0.410 e. The second kappa shape index (κ2) is 6.52. The van der Waals surface area contributed by atoms with Crippen molar-refractivity contribution >= 4 is 12.2 Å². The van der Waals surface area contributed by atoms with E-state index < -0.39 is 12.2 Å². The number of hydrogen-bond acceptors (Lipinski definition) is 4. The summed E-state index contributed by atoms with van der Waals surface area (Å²) in [5, 5.41) is 6.30. The molecule has 0 saturated heterocycles. The molecule has 0 radical (unpaired) electrons. The van der Waals surface area contributed by atoms with Gasteiger partial charge in [0, 0.05) is 11.1 Å². The van der Waals surface area contributed by atoms with Crippen LogP contribution in [0.1, 0.15) is 77.0 Å². The van der Waals surface area contributed by atoms with E-state index in [1.54, 1.807) is 0 Å². The van der Waals surface area contributed by atoms with Crippen molar-refractivity contribution in [2.75, 3.05) is 6.79 Å². The molecule has 8 fully saturated rings. The molecular weight excluding hydrogens is 368 g/mol. The molecule has 0 aromatic rings. The molecular formula is C23H34N2O4. The third kappa shape index (κ3) is 3.40. The zero-order valence-corrected chi connectivity index (χ0v) is 17.3. The van der Waals surface area contributed by atoms with Crippen LogP contribution in [0.15, 0.2) is 0 Å². The lowest BCUT2D eigenvalue weighted by Crippen LogP contribution is -2.60. The van der Waals surface area contributed by atoms with E-state index in [9.17, 15) is 9.59 Å². The van der Waals surface area contributed by atoms with Gasteiger partial charge in [0.05, 0.1) is 0 Å². The normalized spacial score (nSPS) is 48.4. The first-order valence-electron chi connectivity index (χ1n) is 11.9. The first-order chi connectivity index (χ1) is 14.0. The minimum atomic E-state index is -0.436. The van der Waals surface area contributed by atoms with Gasteiger partial charge >= 0.3 is 12.2 Å². The van der Waals surface area contributed by atoms with Gasteiger partial charge < -0.3 is 20.1 Å². The van der Waals surface area contributed by atoms with Crippen LogP contribution < -0.4 is 10.6 Å². The molecule has 2 amide bonds. The maximum absolute atomic E-state index is 12.4. The number of carbonyl (C=O) groups is 2. The zero-order valence-electron chi connectivity index (χ0n) is 17.3. The molecule has 0 unspecified atom stereocenters. The Morgan fingerprint density at radius 1 is 0.586 bits per heavy atom. The summed E-state index contributed by atoms with van der Waals surface area (Å²) in [5.41, 5.74) is -0.152. The van der Waals surface area contributed by atoms with E-state index in [1.165, 1.54) is 38.5 Å². The predicted octanol–water partition coefficient (Wildman–Crippen LogP) is 4.33. The Labute approximate surface area is 172 Å². The molecule has 8 aliphatic rings. The molecule has 0 spiro atoms. The second-order valence-corrected chi connectivity index (χ2v) is 11.6. The number of hydrogen-bond donors (Lipinski definition) is 2. The minimum Gasteiger partial charge on any atom is -0.412 e. The average molecular weight is 403 g/mol. The summed E-state index contributed by atoms with van der Waals surface area (Å²) in [4.78, 5) is 24.7. The van der Waals surface area contributed by atoms with Gasteiger partial charge in [-0.25, -0.2) is 9.59 Å². The van der Waals surface area contributed by atoms with Gasteiger partial charge in [-0.15, -0.1) is 0 Å². The Morgan fingerprint density at radius 3 is 1.14 bits per heavy atom. The highest BCUT2D eigenvalue weighted by Crippen LogP contribution is 2.56. The predicted molar refractivity (Wildman–Crippen MR) is 106 cm³/mol. The van der Waals surface area contributed by atoms with Gasteiger partial charge in [0.15, 0.2) is 0 Å². The average Bonchev–Trinajstić information content (AvgIpc) is 2.58. The molecule has 160 valence electrons. The molecule has 0 aliphatic heterocycles. The fraction of sp³-hybridized carbons (Fsp3) is 0.913. The SMILES string of the molecule is O=C(NC12CC3CC(CC(C3)C1)C2)OCOC(=O)NC12CC3CC(CC(C3)C1)C2. The number of nitrogens with one attached hydrogen (secondary N) is 2. The van der Waals surface area contributed by atoms with Gasteiger partial charge in [-0.1, -0.05) is 0 Å². The van der Waals surface area contributed by atoms with Crippen LogP contribution in [0.25, 0.3) is 0 Å². The fourth-order valence-corrected chi connectivity index (χ4v) is 9.17. The van der Waals surface area contributed by atoms with E-state index in [-0.39, 0.29) is 17.9 Å². The van der Waals surface area contributed by atoms with Crippen molar-refractivity contribution in [1.29, 1.82) is 0 Å². The van der Waals surface area contributed by atoms with Gasteiger partial charge in [-0.05, 0) is 113 Å². The molecule has 8 rings (SSSR count). The highest BCUT2D eigenvalue weighted by Gasteiger charge is 2.53. The van der Waals surface area contributed by atoms with Crippen molar-refractivity contribution in [3.05, 3.63) is 0 Å². The Hall–Kier alpha value is -1.46. The van der Waals surface area contributed by atoms with Crippen molar-refractivity contribution < 1.29 is 19.1 Å².